The Morgan fingerprint density at radius 1 is 1.45 bits per heavy atom. The molecule has 0 spiro atoms. The smallest absolute Gasteiger partial charge is 0.263 e. The molecule has 0 saturated heterocycles. The largest absolute Gasteiger partial charge is 0.476 e. The van der Waals surface area contributed by atoms with Gasteiger partial charge in [-0.2, -0.15) is 0 Å². The van der Waals surface area contributed by atoms with Crippen LogP contribution in [0.5, 0.6) is 5.75 Å². The molecule has 2 rings (SSSR count). The van der Waals surface area contributed by atoms with Gasteiger partial charge in [-0.05, 0) is 19.1 Å². The van der Waals surface area contributed by atoms with Gasteiger partial charge < -0.3 is 14.8 Å². The van der Waals surface area contributed by atoms with Crippen molar-refractivity contribution in [2.45, 2.75) is 13.0 Å². The fraction of sp³-hybridized carbons (Fsp3) is 0.500. The number of rotatable bonds is 6. The number of hydrogen-bond acceptors (Lipinski definition) is 5. The second-order valence-corrected chi connectivity index (χ2v) is 6.97. The Morgan fingerprint density at radius 3 is 2.86 bits per heavy atom. The highest BCUT2D eigenvalue weighted by molar-refractivity contribution is 7.92. The number of para-hydroxylation sites is 2. The molecule has 1 atom stereocenters. The normalized spacial score (nSPS) is 17.5. The van der Waals surface area contributed by atoms with Gasteiger partial charge in [0.05, 0.1) is 24.6 Å². The second kappa shape index (κ2) is 6.97. The predicted octanol–water partition coefficient (Wildman–Crippen LogP) is 0.366. The van der Waals surface area contributed by atoms with Crippen LogP contribution in [0, 0.1) is 0 Å². The standard InChI is InChI=1S/C14H20N2O5S/c1-3-22(18,19)16-10-13(14(17)15-8-9-20-2)21-12-7-5-4-6-11(12)16/h4-7,13H,3,8-10H2,1-2H3,(H,15,17). The molecule has 8 heteroatoms. The van der Waals surface area contributed by atoms with E-state index in [4.69, 9.17) is 9.47 Å². The molecule has 1 amide bonds. The first-order valence-corrected chi connectivity index (χ1v) is 8.63. The Bertz CT molecular complexity index is 632. The first-order valence-electron chi connectivity index (χ1n) is 7.02. The number of carbonyl (C=O) groups excluding carboxylic acids is 1. The summed E-state index contributed by atoms with van der Waals surface area (Å²) in [7, 11) is -1.94. The summed E-state index contributed by atoms with van der Waals surface area (Å²) in [5, 5.41) is 2.66. The maximum Gasteiger partial charge on any atom is 0.263 e. The van der Waals surface area contributed by atoms with Crippen molar-refractivity contribution in [3.63, 3.8) is 0 Å². The lowest BCUT2D eigenvalue weighted by molar-refractivity contribution is -0.127. The summed E-state index contributed by atoms with van der Waals surface area (Å²) < 4.78 is 36.3. The van der Waals surface area contributed by atoms with Gasteiger partial charge in [0.2, 0.25) is 10.0 Å². The van der Waals surface area contributed by atoms with Crippen molar-refractivity contribution in [2.75, 3.05) is 36.9 Å². The summed E-state index contributed by atoms with van der Waals surface area (Å²) in [6.45, 7) is 2.26. The second-order valence-electron chi connectivity index (χ2n) is 4.79. The van der Waals surface area contributed by atoms with Crippen LogP contribution in [0.15, 0.2) is 24.3 Å². The predicted molar refractivity (Wildman–Crippen MR) is 82.6 cm³/mol. The lowest BCUT2D eigenvalue weighted by Crippen LogP contribution is -2.51. The van der Waals surface area contributed by atoms with Crippen molar-refractivity contribution in [2.24, 2.45) is 0 Å². The molecule has 1 aliphatic heterocycles. The van der Waals surface area contributed by atoms with Crippen LogP contribution >= 0.6 is 0 Å². The van der Waals surface area contributed by atoms with Gasteiger partial charge in [0, 0.05) is 13.7 Å². The molecule has 0 bridgehead atoms. The lowest BCUT2D eigenvalue weighted by Gasteiger charge is -2.34. The summed E-state index contributed by atoms with van der Waals surface area (Å²) in [6.07, 6.45) is -0.881. The van der Waals surface area contributed by atoms with Crippen LogP contribution in [0.2, 0.25) is 0 Å². The zero-order valence-electron chi connectivity index (χ0n) is 12.6. The molecule has 0 aliphatic carbocycles. The lowest BCUT2D eigenvalue weighted by atomic mass is 10.2. The fourth-order valence-electron chi connectivity index (χ4n) is 2.15. The van der Waals surface area contributed by atoms with Gasteiger partial charge in [-0.15, -0.1) is 0 Å². The summed E-state index contributed by atoms with van der Waals surface area (Å²) in [5.41, 5.74) is 0.463. The highest BCUT2D eigenvalue weighted by Gasteiger charge is 2.35. The molecule has 1 aliphatic rings. The number of benzene rings is 1. The number of nitrogens with zero attached hydrogens (tertiary/aromatic N) is 1. The van der Waals surface area contributed by atoms with Crippen molar-refractivity contribution < 1.29 is 22.7 Å². The molecule has 0 saturated carbocycles. The molecular weight excluding hydrogens is 308 g/mol. The minimum atomic E-state index is -3.48. The van der Waals surface area contributed by atoms with E-state index in [0.717, 1.165) is 0 Å². The van der Waals surface area contributed by atoms with Crippen LogP contribution in [0.4, 0.5) is 5.69 Å². The zero-order chi connectivity index (χ0) is 16.2. The van der Waals surface area contributed by atoms with E-state index in [0.29, 0.717) is 24.6 Å². The number of amides is 1. The molecule has 122 valence electrons. The number of anilines is 1. The number of sulfonamides is 1. The molecule has 0 aromatic heterocycles. The number of fused-ring (bicyclic) bond motifs is 1. The Labute approximate surface area is 130 Å². The van der Waals surface area contributed by atoms with Crippen molar-refractivity contribution in [1.82, 2.24) is 5.32 Å². The molecule has 7 nitrogen and oxygen atoms in total. The summed E-state index contributed by atoms with van der Waals surface area (Å²) in [6, 6.07) is 6.80. The van der Waals surface area contributed by atoms with E-state index < -0.39 is 16.1 Å². The van der Waals surface area contributed by atoms with Crippen LogP contribution in [-0.4, -0.2) is 53.0 Å². The van der Waals surface area contributed by atoms with Crippen LogP contribution in [0.25, 0.3) is 0 Å². The molecule has 1 aromatic rings. The molecule has 0 fully saturated rings. The van der Waals surface area contributed by atoms with E-state index in [9.17, 15) is 13.2 Å². The highest BCUT2D eigenvalue weighted by atomic mass is 32.2. The molecule has 0 radical (unpaired) electrons. The van der Waals surface area contributed by atoms with Gasteiger partial charge in [0.25, 0.3) is 5.91 Å². The Balaban J connectivity index is 2.23. The van der Waals surface area contributed by atoms with E-state index in [1.807, 2.05) is 0 Å². The molecule has 1 unspecified atom stereocenters. The van der Waals surface area contributed by atoms with E-state index >= 15 is 0 Å². The van der Waals surface area contributed by atoms with Gasteiger partial charge in [0.1, 0.15) is 5.75 Å². The summed E-state index contributed by atoms with van der Waals surface area (Å²) >= 11 is 0. The van der Waals surface area contributed by atoms with Crippen LogP contribution < -0.4 is 14.4 Å². The minimum absolute atomic E-state index is 0.0357. The number of nitrogens with one attached hydrogen (secondary N) is 1. The van der Waals surface area contributed by atoms with Crippen LogP contribution in [0.3, 0.4) is 0 Å². The van der Waals surface area contributed by atoms with E-state index in [-0.39, 0.29) is 18.2 Å². The van der Waals surface area contributed by atoms with Crippen molar-refractivity contribution in [3.8, 4) is 5.75 Å². The van der Waals surface area contributed by atoms with Gasteiger partial charge in [0.15, 0.2) is 6.10 Å². The number of carbonyl (C=O) groups is 1. The van der Waals surface area contributed by atoms with Gasteiger partial charge in [-0.25, -0.2) is 8.42 Å². The first kappa shape index (κ1) is 16.6. The molecule has 1 N–H and O–H groups in total. The third-order valence-electron chi connectivity index (χ3n) is 3.33. The monoisotopic (exact) mass is 328 g/mol. The maximum atomic E-state index is 12.3. The van der Waals surface area contributed by atoms with Crippen molar-refractivity contribution >= 4 is 21.6 Å². The Morgan fingerprint density at radius 2 is 2.18 bits per heavy atom. The van der Waals surface area contributed by atoms with Gasteiger partial charge in [-0.1, -0.05) is 12.1 Å². The fourth-order valence-corrected chi connectivity index (χ4v) is 3.27. The van der Waals surface area contributed by atoms with E-state index in [1.54, 1.807) is 31.2 Å². The van der Waals surface area contributed by atoms with Crippen LogP contribution in [0.1, 0.15) is 6.92 Å². The maximum absolute atomic E-state index is 12.3. The topological polar surface area (TPSA) is 84.9 Å². The number of ether oxygens (including phenoxy) is 2. The summed E-state index contributed by atoms with van der Waals surface area (Å²) in [4.78, 5) is 12.1. The SMILES string of the molecule is CCS(=O)(=O)N1CC(C(=O)NCCOC)Oc2ccccc21. The van der Waals surface area contributed by atoms with E-state index in [1.165, 1.54) is 11.4 Å². The minimum Gasteiger partial charge on any atom is -0.476 e. The average Bonchev–Trinajstić information content (AvgIpc) is 2.53. The molecule has 22 heavy (non-hydrogen) atoms. The van der Waals surface area contributed by atoms with Gasteiger partial charge in [-0.3, -0.25) is 9.10 Å². The first-order chi connectivity index (χ1) is 10.5. The molecule has 1 heterocycles. The van der Waals surface area contributed by atoms with E-state index in [2.05, 4.69) is 5.32 Å². The Hall–Kier alpha value is -1.80. The van der Waals surface area contributed by atoms with Crippen molar-refractivity contribution in [1.29, 1.82) is 0 Å². The van der Waals surface area contributed by atoms with Crippen LogP contribution in [-0.2, 0) is 19.6 Å². The highest BCUT2D eigenvalue weighted by Crippen LogP contribution is 2.34. The van der Waals surface area contributed by atoms with Crippen molar-refractivity contribution in [3.05, 3.63) is 24.3 Å². The number of hydrogen-bond donors (Lipinski definition) is 1. The molecular formula is C14H20N2O5S. The third-order valence-corrected chi connectivity index (χ3v) is 5.08. The quantitative estimate of drug-likeness (QED) is 0.763. The van der Waals surface area contributed by atoms with Gasteiger partial charge >= 0.3 is 0 Å². The summed E-state index contributed by atoms with van der Waals surface area (Å²) in [5.74, 6) is -0.0141. The zero-order valence-corrected chi connectivity index (χ0v) is 13.4. The number of methoxy groups -OCH3 is 1. The third kappa shape index (κ3) is 3.50. The molecule has 1 aromatic carbocycles. The average molecular weight is 328 g/mol. The Kier molecular flexibility index (Phi) is 5.25.